The zero-order valence-corrected chi connectivity index (χ0v) is 13.8. The molecule has 1 aromatic carbocycles. The number of carbonyl (C=O) groups is 1. The molecule has 1 aliphatic rings. The van der Waals surface area contributed by atoms with Gasteiger partial charge >= 0.3 is 0 Å². The monoisotopic (exact) mass is 356 g/mol. The first kappa shape index (κ1) is 16.4. The van der Waals surface area contributed by atoms with Gasteiger partial charge in [-0.25, -0.2) is 0 Å². The number of methoxy groups -OCH3 is 1. The lowest BCUT2D eigenvalue weighted by Crippen LogP contribution is -2.48. The van der Waals surface area contributed by atoms with Crippen LogP contribution in [0.2, 0.25) is 0 Å². The highest BCUT2D eigenvalue weighted by atomic mass is 79.9. The van der Waals surface area contributed by atoms with Gasteiger partial charge in [0.2, 0.25) is 0 Å². The summed E-state index contributed by atoms with van der Waals surface area (Å²) in [5.74, 6) is 0.845. The van der Waals surface area contributed by atoms with Gasteiger partial charge in [0.15, 0.2) is 5.78 Å². The summed E-state index contributed by atoms with van der Waals surface area (Å²) in [4.78, 5) is 16.7. The maximum Gasteiger partial charge on any atom is 0.176 e. The minimum absolute atomic E-state index is 0.119. The third-order valence-corrected chi connectivity index (χ3v) is 4.34. The van der Waals surface area contributed by atoms with E-state index in [-0.39, 0.29) is 12.4 Å². The molecule has 1 saturated heterocycles. The van der Waals surface area contributed by atoms with E-state index in [4.69, 9.17) is 9.84 Å². The molecule has 2 rings (SSSR count). The largest absolute Gasteiger partial charge is 0.496 e. The van der Waals surface area contributed by atoms with Gasteiger partial charge in [-0.3, -0.25) is 14.6 Å². The Hall–Kier alpha value is -0.950. The van der Waals surface area contributed by atoms with Crippen LogP contribution in [-0.2, 0) is 0 Å². The Kier molecular flexibility index (Phi) is 6.17. The molecule has 116 valence electrons. The highest BCUT2D eigenvalue weighted by Gasteiger charge is 2.19. The lowest BCUT2D eigenvalue weighted by molar-refractivity contribution is 0.0822. The number of aliphatic hydroxyl groups excluding tert-OH is 1. The molecule has 1 fully saturated rings. The average Bonchev–Trinajstić information content (AvgIpc) is 2.49. The number of benzene rings is 1. The van der Waals surface area contributed by atoms with Crippen LogP contribution in [0.3, 0.4) is 0 Å². The van der Waals surface area contributed by atoms with Crippen LogP contribution in [0.5, 0.6) is 5.75 Å². The maximum absolute atomic E-state index is 12.3. The van der Waals surface area contributed by atoms with Crippen molar-refractivity contribution >= 4 is 21.7 Å². The molecule has 0 aliphatic carbocycles. The zero-order chi connectivity index (χ0) is 15.2. The second-order valence-corrected chi connectivity index (χ2v) is 5.97. The van der Waals surface area contributed by atoms with E-state index in [1.807, 2.05) is 6.07 Å². The van der Waals surface area contributed by atoms with Crippen molar-refractivity contribution in [2.75, 3.05) is 53.0 Å². The van der Waals surface area contributed by atoms with Crippen LogP contribution in [0.25, 0.3) is 0 Å². The zero-order valence-electron chi connectivity index (χ0n) is 12.2. The Labute approximate surface area is 133 Å². The van der Waals surface area contributed by atoms with E-state index in [9.17, 15) is 4.79 Å². The van der Waals surface area contributed by atoms with Gasteiger partial charge in [0, 0.05) is 38.3 Å². The molecule has 0 saturated carbocycles. The standard InChI is InChI=1S/C15H21BrN2O3/c1-21-15-3-2-12(10-13(15)16)14(20)11-18-6-4-17(5-7-18)8-9-19/h2-3,10,19H,4-9,11H2,1H3. The van der Waals surface area contributed by atoms with Crippen LogP contribution in [0.4, 0.5) is 0 Å². The predicted molar refractivity (Wildman–Crippen MR) is 85.0 cm³/mol. The van der Waals surface area contributed by atoms with E-state index < -0.39 is 0 Å². The van der Waals surface area contributed by atoms with Crippen molar-refractivity contribution < 1.29 is 14.6 Å². The van der Waals surface area contributed by atoms with Crippen LogP contribution in [0.1, 0.15) is 10.4 Å². The molecule has 0 bridgehead atoms. The summed E-state index contributed by atoms with van der Waals surface area (Å²) in [6.45, 7) is 4.88. The molecule has 0 aromatic heterocycles. The Morgan fingerprint density at radius 2 is 1.95 bits per heavy atom. The molecule has 0 atom stereocenters. The van der Waals surface area contributed by atoms with Crippen molar-refractivity contribution in [3.63, 3.8) is 0 Å². The summed E-state index contributed by atoms with van der Waals surface area (Å²) in [6, 6.07) is 5.41. The first-order valence-corrected chi connectivity index (χ1v) is 7.85. The second-order valence-electron chi connectivity index (χ2n) is 5.11. The summed E-state index contributed by atoms with van der Waals surface area (Å²) in [6.07, 6.45) is 0. The fourth-order valence-electron chi connectivity index (χ4n) is 2.45. The van der Waals surface area contributed by atoms with Gasteiger partial charge in [-0.2, -0.15) is 0 Å². The Morgan fingerprint density at radius 3 is 2.52 bits per heavy atom. The van der Waals surface area contributed by atoms with Crippen molar-refractivity contribution in [2.24, 2.45) is 0 Å². The third-order valence-electron chi connectivity index (χ3n) is 3.72. The van der Waals surface area contributed by atoms with Crippen LogP contribution < -0.4 is 4.74 Å². The molecule has 1 aromatic rings. The summed E-state index contributed by atoms with van der Waals surface area (Å²) in [5, 5.41) is 8.92. The number of hydrogen-bond donors (Lipinski definition) is 1. The van der Waals surface area contributed by atoms with E-state index in [0.717, 1.165) is 36.4 Å². The van der Waals surface area contributed by atoms with Gasteiger partial charge in [0.05, 0.1) is 24.7 Å². The fourth-order valence-corrected chi connectivity index (χ4v) is 2.99. The summed E-state index contributed by atoms with van der Waals surface area (Å²) >= 11 is 3.40. The number of nitrogens with zero attached hydrogens (tertiary/aromatic N) is 2. The van der Waals surface area contributed by atoms with E-state index in [1.165, 1.54) is 0 Å². The van der Waals surface area contributed by atoms with Crippen molar-refractivity contribution in [3.05, 3.63) is 28.2 Å². The average molecular weight is 357 g/mol. The quantitative estimate of drug-likeness (QED) is 0.777. The highest BCUT2D eigenvalue weighted by molar-refractivity contribution is 9.10. The summed E-state index contributed by atoms with van der Waals surface area (Å²) in [7, 11) is 1.60. The molecule has 1 aliphatic heterocycles. The van der Waals surface area contributed by atoms with Crippen LogP contribution >= 0.6 is 15.9 Å². The third kappa shape index (κ3) is 4.51. The molecule has 6 heteroatoms. The van der Waals surface area contributed by atoms with E-state index in [2.05, 4.69) is 25.7 Å². The van der Waals surface area contributed by atoms with Gasteiger partial charge in [-0.1, -0.05) is 0 Å². The molecule has 0 amide bonds. The number of hydrogen-bond acceptors (Lipinski definition) is 5. The Morgan fingerprint density at radius 1 is 1.29 bits per heavy atom. The van der Waals surface area contributed by atoms with Gasteiger partial charge in [0.25, 0.3) is 0 Å². The van der Waals surface area contributed by atoms with Gasteiger partial charge in [-0.05, 0) is 34.1 Å². The molecule has 5 nitrogen and oxygen atoms in total. The van der Waals surface area contributed by atoms with E-state index >= 15 is 0 Å². The summed E-state index contributed by atoms with van der Waals surface area (Å²) in [5.41, 5.74) is 0.695. The van der Waals surface area contributed by atoms with Crippen LogP contribution in [0, 0.1) is 0 Å². The van der Waals surface area contributed by atoms with Crippen LogP contribution in [-0.4, -0.2) is 73.7 Å². The SMILES string of the molecule is COc1ccc(C(=O)CN2CCN(CCO)CC2)cc1Br. The minimum Gasteiger partial charge on any atom is -0.496 e. The number of aliphatic hydroxyl groups is 1. The number of ketones is 1. The lowest BCUT2D eigenvalue weighted by Gasteiger charge is -2.33. The van der Waals surface area contributed by atoms with Crippen molar-refractivity contribution in [2.45, 2.75) is 0 Å². The minimum atomic E-state index is 0.119. The molecule has 1 heterocycles. The molecule has 1 N–H and O–H groups in total. The molecule has 21 heavy (non-hydrogen) atoms. The first-order chi connectivity index (χ1) is 10.1. The van der Waals surface area contributed by atoms with Crippen molar-refractivity contribution in [1.82, 2.24) is 9.80 Å². The van der Waals surface area contributed by atoms with Crippen molar-refractivity contribution in [3.8, 4) is 5.75 Å². The van der Waals surface area contributed by atoms with Gasteiger partial charge in [0.1, 0.15) is 5.75 Å². The number of β-amino-alcohol motifs (C(OH)–C–C–N with tert-alkyl or cyclic N) is 1. The molecular formula is C15H21BrN2O3. The van der Waals surface area contributed by atoms with E-state index in [0.29, 0.717) is 18.7 Å². The number of halogens is 1. The van der Waals surface area contributed by atoms with Crippen LogP contribution in [0.15, 0.2) is 22.7 Å². The highest BCUT2D eigenvalue weighted by Crippen LogP contribution is 2.25. The Bertz CT molecular complexity index is 488. The number of piperazine rings is 1. The molecule has 0 spiro atoms. The fraction of sp³-hybridized carbons (Fsp3) is 0.533. The number of rotatable bonds is 6. The van der Waals surface area contributed by atoms with E-state index in [1.54, 1.807) is 19.2 Å². The number of ether oxygens (including phenoxy) is 1. The van der Waals surface area contributed by atoms with Crippen molar-refractivity contribution in [1.29, 1.82) is 0 Å². The first-order valence-electron chi connectivity index (χ1n) is 7.06. The predicted octanol–water partition coefficient (Wildman–Crippen LogP) is 1.25. The topological polar surface area (TPSA) is 53.0 Å². The molecular weight excluding hydrogens is 336 g/mol. The van der Waals surface area contributed by atoms with Gasteiger partial charge in [-0.15, -0.1) is 0 Å². The molecule has 0 unspecified atom stereocenters. The Balaban J connectivity index is 1.89. The summed E-state index contributed by atoms with van der Waals surface area (Å²) < 4.78 is 5.96. The van der Waals surface area contributed by atoms with Gasteiger partial charge < -0.3 is 9.84 Å². The number of carbonyl (C=O) groups excluding carboxylic acids is 1. The molecule has 0 radical (unpaired) electrons. The second kappa shape index (κ2) is 7.89. The normalized spacial score (nSPS) is 16.9. The maximum atomic E-state index is 12.3. The lowest BCUT2D eigenvalue weighted by atomic mass is 10.1. The number of Topliss-reactive ketones (excluding diaryl/α,β-unsaturated/α-hetero) is 1. The smallest absolute Gasteiger partial charge is 0.176 e.